The first-order chi connectivity index (χ1) is 22.5. The normalized spacial score (nSPS) is 19.5. The molecule has 3 saturated heterocycles. The first-order valence-electron chi connectivity index (χ1n) is 15.3. The average Bonchev–Trinajstić information content (AvgIpc) is 3.75. The van der Waals surface area contributed by atoms with E-state index in [1.54, 1.807) is 22.7 Å². The zero-order chi connectivity index (χ0) is 34.0. The predicted octanol–water partition coefficient (Wildman–Crippen LogP) is 8.04. The van der Waals surface area contributed by atoms with E-state index in [2.05, 4.69) is 14.9 Å². The van der Waals surface area contributed by atoms with E-state index < -0.39 is 35.1 Å². The number of rotatable bonds is 3. The number of nitrogen functional groups attached to an aromatic ring is 1. The van der Waals surface area contributed by atoms with E-state index in [1.807, 2.05) is 13.8 Å². The number of thioether (sulfide) groups is 1. The summed E-state index contributed by atoms with van der Waals surface area (Å²) in [4.78, 5) is 12.3. The molecule has 3 aliphatic rings. The number of nitrogens with zero attached hydrogens (tertiary/aromatic N) is 5. The summed E-state index contributed by atoms with van der Waals surface area (Å²) in [7, 11) is 1.27. The van der Waals surface area contributed by atoms with Gasteiger partial charge in [-0.15, -0.1) is 11.3 Å². The van der Waals surface area contributed by atoms with Gasteiger partial charge in [0, 0.05) is 53.5 Å². The molecule has 47 heavy (non-hydrogen) atoms. The van der Waals surface area contributed by atoms with E-state index in [1.165, 1.54) is 20.0 Å². The standard InChI is InChI=1S/C23H16F5N5OS2.C7H12FN.C2H6/c1-34-22-31-18-11(21(32-22)33-4-6-35-7-5-33)8-13(23(26,27)28)16(17(18)25)10-2-3-14(24)19-15(10)12(9-29)20(30)36-19;8-6-4-7-2-1-3-9(7)5-6;1-2/h2-3,8H,4-7,30H2,1H3;6-7H,1-5H2;1-2H3. The molecule has 15 heteroatoms. The molecule has 2 aromatic heterocycles. The Bertz CT molecular complexity index is 1790. The van der Waals surface area contributed by atoms with E-state index in [0.29, 0.717) is 37.0 Å². The van der Waals surface area contributed by atoms with Crippen molar-refractivity contribution in [3.8, 4) is 23.2 Å². The second-order valence-corrected chi connectivity index (χ2v) is 13.3. The van der Waals surface area contributed by atoms with Crippen LogP contribution in [-0.4, -0.2) is 71.9 Å². The molecule has 3 fully saturated rings. The van der Waals surface area contributed by atoms with Gasteiger partial charge in [0.15, 0.2) is 5.82 Å². The van der Waals surface area contributed by atoms with Crippen molar-refractivity contribution in [1.29, 1.82) is 5.26 Å². The zero-order valence-electron chi connectivity index (χ0n) is 26.1. The predicted molar refractivity (Wildman–Crippen MR) is 176 cm³/mol. The molecule has 7 rings (SSSR count). The summed E-state index contributed by atoms with van der Waals surface area (Å²) in [6, 6.07) is 4.96. The molecule has 0 radical (unpaired) electrons. The topological polar surface area (TPSA) is 91.3 Å². The van der Waals surface area contributed by atoms with Gasteiger partial charge in [-0.05, 0) is 43.5 Å². The van der Waals surface area contributed by atoms with Gasteiger partial charge in [0.2, 0.25) is 0 Å². The summed E-state index contributed by atoms with van der Waals surface area (Å²) in [5.74, 6) is -0.477. The number of methoxy groups -OCH3 is 1. The van der Waals surface area contributed by atoms with Gasteiger partial charge in [-0.3, -0.25) is 4.90 Å². The molecule has 0 saturated carbocycles. The number of anilines is 2. The Kier molecular flexibility index (Phi) is 10.6. The van der Waals surface area contributed by atoms with Crippen LogP contribution in [0.3, 0.4) is 0 Å². The Labute approximate surface area is 276 Å². The minimum Gasteiger partial charge on any atom is -0.467 e. The Morgan fingerprint density at radius 2 is 1.83 bits per heavy atom. The van der Waals surface area contributed by atoms with Gasteiger partial charge < -0.3 is 15.4 Å². The van der Waals surface area contributed by atoms with Gasteiger partial charge in [-0.25, -0.2) is 13.2 Å². The van der Waals surface area contributed by atoms with E-state index >= 15 is 4.39 Å². The average molecular weight is 697 g/mol. The highest BCUT2D eigenvalue weighted by Gasteiger charge is 2.39. The first kappa shape index (κ1) is 34.8. The van der Waals surface area contributed by atoms with Crippen LogP contribution in [0.5, 0.6) is 6.01 Å². The molecule has 3 aliphatic heterocycles. The maximum Gasteiger partial charge on any atom is 0.417 e. The minimum absolute atomic E-state index is 0.0807. The maximum atomic E-state index is 16.2. The number of nitriles is 1. The number of aromatic nitrogens is 2. The molecule has 4 aromatic rings. The third-order valence-corrected chi connectivity index (χ3v) is 10.3. The molecule has 2 aromatic carbocycles. The van der Waals surface area contributed by atoms with Crippen LogP contribution < -0.4 is 15.4 Å². The molecular weight excluding hydrogens is 663 g/mol. The molecule has 252 valence electrons. The Morgan fingerprint density at radius 1 is 1.11 bits per heavy atom. The molecule has 2 atom stereocenters. The zero-order valence-corrected chi connectivity index (χ0v) is 27.7. The number of ether oxygens (including phenoxy) is 1. The lowest BCUT2D eigenvalue weighted by Crippen LogP contribution is -2.33. The highest BCUT2D eigenvalue weighted by Crippen LogP contribution is 2.48. The van der Waals surface area contributed by atoms with Crippen LogP contribution in [0, 0.1) is 23.0 Å². The minimum atomic E-state index is -4.99. The van der Waals surface area contributed by atoms with Crippen molar-refractivity contribution in [2.75, 3.05) is 55.4 Å². The fourth-order valence-electron chi connectivity index (χ4n) is 6.32. The van der Waals surface area contributed by atoms with Gasteiger partial charge in [0.05, 0.1) is 22.9 Å². The maximum absolute atomic E-state index is 16.2. The number of hydrogen-bond donors (Lipinski definition) is 1. The Morgan fingerprint density at radius 3 is 2.47 bits per heavy atom. The third-order valence-electron chi connectivity index (χ3n) is 8.35. The fraction of sp³-hybridized carbons (Fsp3) is 0.469. The SMILES string of the molecule is CC.COc1nc(N2CCSCC2)c2cc(C(F)(F)F)c(-c3ccc(F)c4sc(N)c(C#N)c34)c(F)c2n1.FC1CC2CCCN2C1. The lowest BCUT2D eigenvalue weighted by atomic mass is 9.92. The first-order valence-corrected chi connectivity index (χ1v) is 17.3. The molecular formula is C32H34F6N6OS2. The highest BCUT2D eigenvalue weighted by atomic mass is 32.2. The van der Waals surface area contributed by atoms with Gasteiger partial charge >= 0.3 is 12.2 Å². The summed E-state index contributed by atoms with van der Waals surface area (Å²) in [5, 5.41) is 9.19. The smallest absolute Gasteiger partial charge is 0.417 e. The van der Waals surface area contributed by atoms with Crippen LogP contribution in [-0.2, 0) is 6.18 Å². The highest BCUT2D eigenvalue weighted by molar-refractivity contribution is 7.99. The molecule has 0 aliphatic carbocycles. The summed E-state index contributed by atoms with van der Waals surface area (Å²) < 4.78 is 91.6. The van der Waals surface area contributed by atoms with Crippen molar-refractivity contribution in [3.63, 3.8) is 0 Å². The van der Waals surface area contributed by atoms with Gasteiger partial charge in [-0.1, -0.05) is 19.9 Å². The molecule has 2 N–H and O–H groups in total. The molecule has 0 spiro atoms. The number of benzene rings is 2. The van der Waals surface area contributed by atoms with Crippen LogP contribution in [0.25, 0.3) is 32.1 Å². The fourth-order valence-corrected chi connectivity index (χ4v) is 8.17. The van der Waals surface area contributed by atoms with Crippen LogP contribution >= 0.6 is 23.1 Å². The van der Waals surface area contributed by atoms with Crippen molar-refractivity contribution in [1.82, 2.24) is 14.9 Å². The van der Waals surface area contributed by atoms with Crippen molar-refractivity contribution >= 4 is 54.9 Å². The number of nitrogens with two attached hydrogens (primary N) is 1. The number of alkyl halides is 4. The van der Waals surface area contributed by atoms with E-state index in [-0.39, 0.29) is 48.9 Å². The van der Waals surface area contributed by atoms with Gasteiger partial charge in [0.25, 0.3) is 0 Å². The second kappa shape index (κ2) is 14.3. The summed E-state index contributed by atoms with van der Waals surface area (Å²) in [6.07, 6.45) is -2.18. The lowest BCUT2D eigenvalue weighted by molar-refractivity contribution is -0.137. The summed E-state index contributed by atoms with van der Waals surface area (Å²) in [5.41, 5.74) is 2.79. The number of fused-ring (bicyclic) bond motifs is 3. The molecule has 0 amide bonds. The van der Waals surface area contributed by atoms with E-state index in [0.717, 1.165) is 42.7 Å². The number of halogens is 6. The number of hydrogen-bond acceptors (Lipinski definition) is 9. The van der Waals surface area contributed by atoms with Crippen LogP contribution in [0.1, 0.15) is 44.2 Å². The van der Waals surface area contributed by atoms with Crippen molar-refractivity contribution in [3.05, 3.63) is 41.0 Å². The molecule has 0 bridgehead atoms. The van der Waals surface area contributed by atoms with Crippen molar-refractivity contribution in [2.45, 2.75) is 51.5 Å². The third kappa shape index (κ3) is 6.77. The van der Waals surface area contributed by atoms with Gasteiger partial charge in [-0.2, -0.15) is 40.2 Å². The second-order valence-electron chi connectivity index (χ2n) is 11.0. The van der Waals surface area contributed by atoms with E-state index in [9.17, 15) is 27.2 Å². The Hall–Kier alpha value is -3.48. The van der Waals surface area contributed by atoms with E-state index in [4.69, 9.17) is 10.5 Å². The molecule has 5 heterocycles. The monoisotopic (exact) mass is 696 g/mol. The largest absolute Gasteiger partial charge is 0.467 e. The van der Waals surface area contributed by atoms with Gasteiger partial charge in [0.1, 0.15) is 34.4 Å². The molecule has 7 nitrogen and oxygen atoms in total. The van der Waals surface area contributed by atoms with Crippen LogP contribution in [0.15, 0.2) is 18.2 Å². The van der Waals surface area contributed by atoms with Crippen LogP contribution in [0.2, 0.25) is 0 Å². The lowest BCUT2D eigenvalue weighted by Gasteiger charge is -2.29. The molecule has 2 unspecified atom stereocenters. The Balaban J connectivity index is 0.000000333. The summed E-state index contributed by atoms with van der Waals surface area (Å²) >= 11 is 2.40. The quantitative estimate of drug-likeness (QED) is 0.215. The van der Waals surface area contributed by atoms with Crippen LogP contribution in [0.4, 0.5) is 37.2 Å². The van der Waals surface area contributed by atoms with Crippen molar-refractivity contribution in [2.24, 2.45) is 0 Å². The summed E-state index contributed by atoms with van der Waals surface area (Å²) in [6.45, 7) is 6.86. The van der Waals surface area contributed by atoms with Crippen molar-refractivity contribution < 1.29 is 31.1 Å². The number of thiophene rings is 1.